The first-order valence-corrected chi connectivity index (χ1v) is 0. The van der Waals surface area contributed by atoms with Gasteiger partial charge in [-0.2, -0.15) is 0 Å². The molecular formula is HCaClKO+. The van der Waals surface area contributed by atoms with Crippen molar-refractivity contribution in [1.29, 1.82) is 0 Å². The van der Waals surface area contributed by atoms with Gasteiger partial charge in [0.1, 0.15) is 0 Å². The van der Waals surface area contributed by atoms with E-state index in [0.717, 1.165) is 0 Å². The maximum absolute atomic E-state index is 0. The molecule has 0 aromatic heterocycles. The van der Waals surface area contributed by atoms with Crippen molar-refractivity contribution in [2.45, 2.75) is 0 Å². The molecule has 0 aliphatic heterocycles. The molecule has 0 heterocycles. The van der Waals surface area contributed by atoms with Gasteiger partial charge in [-0.05, 0) is 0 Å². The summed E-state index contributed by atoms with van der Waals surface area (Å²) in [6.07, 6.45) is 0. The van der Waals surface area contributed by atoms with Gasteiger partial charge in [-0.25, -0.2) is 0 Å². The second kappa shape index (κ2) is 16.4. The molecule has 0 unspecified atom stereocenters. The van der Waals surface area contributed by atoms with Gasteiger partial charge in [0, 0.05) is 0 Å². The summed E-state index contributed by atoms with van der Waals surface area (Å²) in [5.41, 5.74) is 0. The molecule has 0 radical (unpaired) electrons. The third-order valence-corrected chi connectivity index (χ3v) is 0. The van der Waals surface area contributed by atoms with Crippen LogP contribution in [-0.2, 0) is 0 Å². The first-order valence-electron chi connectivity index (χ1n) is 0. The summed E-state index contributed by atoms with van der Waals surface area (Å²) in [5.74, 6) is 0. The molecule has 0 atom stereocenters. The predicted molar refractivity (Wildman–Crippen MR) is 7.69 cm³/mol. The SMILES string of the molecule is [Ca+2].[Cl-].[K+].[OH-]. The standard InChI is InChI=1S/Ca.ClH.K.H2O/h;1H;;1H2/q+2;;+1;/p-2. The van der Waals surface area contributed by atoms with Gasteiger partial charge in [-0.15, -0.1) is 0 Å². The second-order valence-corrected chi connectivity index (χ2v) is 0. The molecule has 0 aliphatic rings. The Hall–Kier alpha value is 3.15. The summed E-state index contributed by atoms with van der Waals surface area (Å²) >= 11 is 0. The van der Waals surface area contributed by atoms with Gasteiger partial charge < -0.3 is 17.9 Å². The molecule has 0 spiro atoms. The topological polar surface area (TPSA) is 30.0 Å². The van der Waals surface area contributed by atoms with Crippen LogP contribution in [0.3, 0.4) is 0 Å². The zero-order chi connectivity index (χ0) is 0. The van der Waals surface area contributed by atoms with E-state index in [-0.39, 0.29) is 107 Å². The summed E-state index contributed by atoms with van der Waals surface area (Å²) in [7, 11) is 0. The van der Waals surface area contributed by atoms with Crippen LogP contribution in [0.15, 0.2) is 0 Å². The molecule has 0 amide bonds. The Bertz CT molecular complexity index is 8.00. The Morgan fingerprint density at radius 3 is 1.00 bits per heavy atom. The Balaban J connectivity index is 0. The zero-order valence-corrected chi connectivity index (χ0v) is 8.62. The van der Waals surface area contributed by atoms with Crippen LogP contribution in [0, 0.1) is 0 Å². The van der Waals surface area contributed by atoms with Crippen molar-refractivity contribution in [1.82, 2.24) is 0 Å². The van der Waals surface area contributed by atoms with E-state index in [0.29, 0.717) is 0 Å². The van der Waals surface area contributed by atoms with Crippen LogP contribution in [-0.4, -0.2) is 43.2 Å². The van der Waals surface area contributed by atoms with Gasteiger partial charge in [0.2, 0.25) is 0 Å². The molecule has 4 heteroatoms. The zero-order valence-electron chi connectivity index (χ0n) is 2.53. The molecular weight excluding hydrogens is 131 g/mol. The van der Waals surface area contributed by atoms with E-state index in [4.69, 9.17) is 0 Å². The molecule has 0 saturated carbocycles. The van der Waals surface area contributed by atoms with Crippen molar-refractivity contribution in [3.8, 4) is 0 Å². The average molecular weight is 132 g/mol. The van der Waals surface area contributed by atoms with Gasteiger partial charge in [-0.3, -0.25) is 0 Å². The van der Waals surface area contributed by atoms with Crippen molar-refractivity contribution < 1.29 is 69.3 Å². The fourth-order valence-electron chi connectivity index (χ4n) is 0. The molecule has 0 fully saturated rings. The minimum absolute atomic E-state index is 0. The van der Waals surface area contributed by atoms with Crippen molar-refractivity contribution in [3.05, 3.63) is 0 Å². The van der Waals surface area contributed by atoms with E-state index in [9.17, 15) is 0 Å². The quantitative estimate of drug-likeness (QED) is 0.301. The molecule has 1 N–H and O–H groups in total. The number of hydrogen-bond donors (Lipinski definition) is 0. The molecule has 0 aromatic rings. The van der Waals surface area contributed by atoms with Crippen LogP contribution < -0.4 is 63.8 Å². The largest absolute Gasteiger partial charge is 2.00 e. The first-order chi connectivity index (χ1) is 0. The molecule has 1 nitrogen and oxygen atoms in total. The summed E-state index contributed by atoms with van der Waals surface area (Å²) < 4.78 is 0. The van der Waals surface area contributed by atoms with Crippen molar-refractivity contribution in [3.63, 3.8) is 0 Å². The molecule has 0 bridgehead atoms. The third-order valence-electron chi connectivity index (χ3n) is 0. The molecule has 0 saturated heterocycles. The van der Waals surface area contributed by atoms with Crippen LogP contribution in [0.25, 0.3) is 0 Å². The van der Waals surface area contributed by atoms with Crippen molar-refractivity contribution in [2.75, 3.05) is 0 Å². The fraction of sp³-hybridized carbons (Fsp3) is 0. The predicted octanol–water partition coefficient (Wildman–Crippen LogP) is -6.55. The van der Waals surface area contributed by atoms with E-state index in [1.807, 2.05) is 0 Å². The Morgan fingerprint density at radius 1 is 1.00 bits per heavy atom. The monoisotopic (exact) mass is 131 g/mol. The van der Waals surface area contributed by atoms with Crippen LogP contribution >= 0.6 is 0 Å². The maximum Gasteiger partial charge on any atom is 2.00 e. The summed E-state index contributed by atoms with van der Waals surface area (Å²) in [5, 5.41) is 0. The summed E-state index contributed by atoms with van der Waals surface area (Å²) in [4.78, 5) is 0. The van der Waals surface area contributed by atoms with Crippen LogP contribution in [0.1, 0.15) is 0 Å². The minimum atomic E-state index is 0. The molecule has 0 aromatic carbocycles. The first kappa shape index (κ1) is 27.3. The fourth-order valence-corrected chi connectivity index (χ4v) is 0. The second-order valence-electron chi connectivity index (χ2n) is 0. The third kappa shape index (κ3) is 8.94. The van der Waals surface area contributed by atoms with Crippen LogP contribution in [0.4, 0.5) is 0 Å². The van der Waals surface area contributed by atoms with Gasteiger partial charge >= 0.3 is 89.1 Å². The average Bonchev–Trinajstić information content (AvgIpc) is 0. The van der Waals surface area contributed by atoms with Gasteiger partial charge in [0.25, 0.3) is 0 Å². The Labute approximate surface area is 104 Å². The smallest absolute Gasteiger partial charge is 1.00 e. The van der Waals surface area contributed by atoms with Gasteiger partial charge in [0.05, 0.1) is 0 Å². The molecule has 0 rings (SSSR count). The summed E-state index contributed by atoms with van der Waals surface area (Å²) in [6, 6.07) is 0. The normalized spacial score (nSPS) is 0. The minimum Gasteiger partial charge on any atom is -1.00 e. The molecule has 16 valence electrons. The van der Waals surface area contributed by atoms with Crippen molar-refractivity contribution in [2.24, 2.45) is 0 Å². The van der Waals surface area contributed by atoms with E-state index >= 15 is 0 Å². The number of halogens is 1. The number of hydrogen-bond acceptors (Lipinski definition) is 1. The van der Waals surface area contributed by atoms with E-state index in [1.54, 1.807) is 0 Å². The molecule has 0 aliphatic carbocycles. The summed E-state index contributed by atoms with van der Waals surface area (Å²) in [6.45, 7) is 0. The van der Waals surface area contributed by atoms with Crippen LogP contribution in [0.5, 0.6) is 0 Å². The molecule has 4 heavy (non-hydrogen) atoms. The van der Waals surface area contributed by atoms with E-state index in [2.05, 4.69) is 0 Å². The van der Waals surface area contributed by atoms with Gasteiger partial charge in [-0.1, -0.05) is 0 Å². The van der Waals surface area contributed by atoms with E-state index in [1.165, 1.54) is 0 Å². The number of rotatable bonds is 0. The van der Waals surface area contributed by atoms with Crippen LogP contribution in [0.2, 0.25) is 0 Å². The van der Waals surface area contributed by atoms with Gasteiger partial charge in [0.15, 0.2) is 0 Å². The van der Waals surface area contributed by atoms with E-state index < -0.39 is 0 Å². The maximum atomic E-state index is 0. The van der Waals surface area contributed by atoms with Crippen molar-refractivity contribution >= 4 is 37.7 Å². The Morgan fingerprint density at radius 2 is 1.00 bits per heavy atom. The Kier molecular flexibility index (Phi) is 112.